The molecule has 2 aliphatic rings. The molecular weight excluding hydrogens is 688 g/mol. The van der Waals surface area contributed by atoms with Crippen molar-refractivity contribution < 1.29 is 75.2 Å². The van der Waals surface area contributed by atoms with E-state index >= 15 is 0 Å². The van der Waals surface area contributed by atoms with Crippen LogP contribution in [0.4, 0.5) is 0 Å². The third-order valence-corrected chi connectivity index (χ3v) is 8.98. The Morgan fingerprint density at radius 2 is 1.17 bits per heavy atom. The SMILES string of the molecule is O=C(O[C@@H]1Cc2c(O)cc(O)cc2O[C@@H]1c1cc(O)c(O)c2c(=O)c(O)cc([C@@H]3Oc4cc(O)cc(O)c4C[C@H]3O)cc12)c1cc(O)c(O)c(O)c1. The fourth-order valence-electron chi connectivity index (χ4n) is 6.53. The van der Waals surface area contributed by atoms with Crippen LogP contribution in [-0.2, 0) is 17.6 Å². The molecule has 16 nitrogen and oxygen atoms in total. The Balaban J connectivity index is 1.42. The van der Waals surface area contributed by atoms with E-state index in [1.54, 1.807) is 0 Å². The van der Waals surface area contributed by atoms with Gasteiger partial charge in [0.1, 0.15) is 46.7 Å². The van der Waals surface area contributed by atoms with E-state index in [0.29, 0.717) is 0 Å². The summed E-state index contributed by atoms with van der Waals surface area (Å²) in [5, 5.41) is 114. The number of aromatic hydroxyl groups is 10. The monoisotopic (exact) mass is 716 g/mol. The zero-order valence-corrected chi connectivity index (χ0v) is 26.4. The Labute approximate surface area is 290 Å². The number of phenolic OH excluding ortho intramolecular Hbond substituents is 9. The Morgan fingerprint density at radius 1 is 0.615 bits per heavy atom. The molecule has 0 unspecified atom stereocenters. The predicted molar refractivity (Wildman–Crippen MR) is 176 cm³/mol. The van der Waals surface area contributed by atoms with Crippen molar-refractivity contribution in [3.05, 3.63) is 92.6 Å². The number of carbonyl (C=O) groups excluding carboxylic acids is 1. The van der Waals surface area contributed by atoms with E-state index in [2.05, 4.69) is 0 Å². The molecule has 0 spiro atoms. The number of fused-ring (bicyclic) bond motifs is 3. The third-order valence-electron chi connectivity index (χ3n) is 8.98. The third kappa shape index (κ3) is 5.56. The van der Waals surface area contributed by atoms with E-state index in [4.69, 9.17) is 14.2 Å². The second-order valence-electron chi connectivity index (χ2n) is 12.4. The second kappa shape index (κ2) is 12.1. The zero-order valence-electron chi connectivity index (χ0n) is 26.4. The fraction of sp³-hybridized carbons (Fsp3) is 0.167. The van der Waals surface area contributed by atoms with Gasteiger partial charge in [0.25, 0.3) is 0 Å². The Morgan fingerprint density at radius 3 is 1.79 bits per heavy atom. The number of esters is 1. The van der Waals surface area contributed by atoms with Crippen LogP contribution in [0.5, 0.6) is 69.0 Å². The van der Waals surface area contributed by atoms with Crippen molar-refractivity contribution in [1.29, 1.82) is 0 Å². The lowest BCUT2D eigenvalue weighted by Gasteiger charge is -2.34. The molecule has 0 amide bonds. The number of aliphatic hydroxyl groups excluding tert-OH is 1. The minimum absolute atomic E-state index is 0.0173. The number of rotatable bonds is 4. The maximum atomic E-state index is 13.6. The van der Waals surface area contributed by atoms with Crippen molar-refractivity contribution in [2.24, 2.45) is 0 Å². The van der Waals surface area contributed by atoms with E-state index in [1.807, 2.05) is 0 Å². The first kappa shape index (κ1) is 33.6. The number of phenols is 9. The van der Waals surface area contributed by atoms with Crippen molar-refractivity contribution in [2.75, 3.05) is 0 Å². The van der Waals surface area contributed by atoms with Crippen LogP contribution in [0.25, 0.3) is 10.8 Å². The summed E-state index contributed by atoms with van der Waals surface area (Å²) >= 11 is 0. The molecule has 0 saturated heterocycles. The van der Waals surface area contributed by atoms with Crippen molar-refractivity contribution in [3.63, 3.8) is 0 Å². The number of benzene rings is 4. The molecule has 16 heteroatoms. The Hall–Kier alpha value is -6.94. The smallest absolute Gasteiger partial charge is 0.338 e. The lowest BCUT2D eigenvalue weighted by Crippen LogP contribution is -2.35. The van der Waals surface area contributed by atoms with Crippen molar-refractivity contribution >= 4 is 16.7 Å². The predicted octanol–water partition coefficient (Wildman–Crippen LogP) is 3.19. The van der Waals surface area contributed by atoms with E-state index < -0.39 is 92.8 Å². The Kier molecular flexibility index (Phi) is 7.83. The van der Waals surface area contributed by atoms with E-state index in [-0.39, 0.29) is 63.5 Å². The largest absolute Gasteiger partial charge is 0.508 e. The first-order chi connectivity index (χ1) is 24.6. The molecule has 11 N–H and O–H groups in total. The second-order valence-corrected chi connectivity index (χ2v) is 12.4. The average Bonchev–Trinajstić information content (AvgIpc) is 3.20. The number of hydrogen-bond acceptors (Lipinski definition) is 16. The molecule has 0 fully saturated rings. The molecule has 268 valence electrons. The normalized spacial score (nSPS) is 19.2. The van der Waals surface area contributed by atoms with Crippen LogP contribution in [-0.4, -0.2) is 74.3 Å². The summed E-state index contributed by atoms with van der Waals surface area (Å²) in [5.41, 5.74) is -1.59. The fourth-order valence-corrected chi connectivity index (χ4v) is 6.53. The quantitative estimate of drug-likeness (QED) is 0.0940. The van der Waals surface area contributed by atoms with Gasteiger partial charge < -0.3 is 70.4 Å². The summed E-state index contributed by atoms with van der Waals surface area (Å²) < 4.78 is 17.8. The van der Waals surface area contributed by atoms with Gasteiger partial charge in [-0.1, -0.05) is 0 Å². The highest BCUT2D eigenvalue weighted by Crippen LogP contribution is 2.48. The van der Waals surface area contributed by atoms with Crippen LogP contribution in [0.2, 0.25) is 0 Å². The molecule has 5 aromatic carbocycles. The molecule has 52 heavy (non-hydrogen) atoms. The van der Waals surface area contributed by atoms with E-state index in [9.17, 15) is 65.8 Å². The molecule has 0 aliphatic carbocycles. The van der Waals surface area contributed by atoms with Crippen molar-refractivity contribution in [1.82, 2.24) is 0 Å². The number of hydrogen-bond donors (Lipinski definition) is 11. The van der Waals surface area contributed by atoms with Gasteiger partial charge in [0, 0.05) is 53.8 Å². The highest BCUT2D eigenvalue weighted by molar-refractivity contribution is 5.94. The number of carbonyl (C=O) groups is 1. The summed E-state index contributed by atoms with van der Waals surface area (Å²) in [6.45, 7) is 0. The van der Waals surface area contributed by atoms with Crippen molar-refractivity contribution in [2.45, 2.75) is 37.3 Å². The maximum absolute atomic E-state index is 13.6. The van der Waals surface area contributed by atoms with Gasteiger partial charge in [-0.25, -0.2) is 4.79 Å². The van der Waals surface area contributed by atoms with Gasteiger partial charge in [-0.05, 0) is 41.3 Å². The first-order valence-electron chi connectivity index (χ1n) is 15.4. The van der Waals surface area contributed by atoms with Crippen LogP contribution < -0.4 is 14.9 Å². The lowest BCUT2D eigenvalue weighted by atomic mass is 9.90. The average molecular weight is 717 g/mol. The first-order valence-corrected chi connectivity index (χ1v) is 15.4. The number of aliphatic hydroxyl groups is 1. The van der Waals surface area contributed by atoms with Gasteiger partial charge in [0.05, 0.1) is 17.1 Å². The van der Waals surface area contributed by atoms with Crippen LogP contribution in [0, 0.1) is 0 Å². The van der Waals surface area contributed by atoms with Gasteiger partial charge in [-0.15, -0.1) is 0 Å². The highest BCUT2D eigenvalue weighted by Gasteiger charge is 2.39. The summed E-state index contributed by atoms with van der Waals surface area (Å²) in [6.07, 6.45) is -6.28. The van der Waals surface area contributed by atoms with Crippen LogP contribution >= 0.6 is 0 Å². The van der Waals surface area contributed by atoms with Crippen molar-refractivity contribution in [3.8, 4) is 69.0 Å². The van der Waals surface area contributed by atoms with Crippen LogP contribution in [0.15, 0.2) is 59.4 Å². The number of ether oxygens (including phenoxy) is 3. The maximum Gasteiger partial charge on any atom is 0.338 e. The molecule has 0 aromatic heterocycles. The van der Waals surface area contributed by atoms with Crippen LogP contribution in [0.1, 0.15) is 44.8 Å². The summed E-state index contributed by atoms with van der Waals surface area (Å²) in [4.78, 5) is 27.0. The van der Waals surface area contributed by atoms with Gasteiger partial charge in [-0.2, -0.15) is 0 Å². The highest BCUT2D eigenvalue weighted by atomic mass is 16.6. The molecule has 0 saturated carbocycles. The topological polar surface area (TPSA) is 284 Å². The van der Waals surface area contributed by atoms with Gasteiger partial charge in [0.15, 0.2) is 40.6 Å². The lowest BCUT2D eigenvalue weighted by molar-refractivity contribution is -0.0184. The van der Waals surface area contributed by atoms with Gasteiger partial charge >= 0.3 is 5.97 Å². The molecule has 2 heterocycles. The van der Waals surface area contributed by atoms with Crippen LogP contribution in [0.3, 0.4) is 0 Å². The minimum Gasteiger partial charge on any atom is -0.508 e. The molecule has 0 bridgehead atoms. The van der Waals surface area contributed by atoms with E-state index in [1.165, 1.54) is 12.1 Å². The summed E-state index contributed by atoms with van der Waals surface area (Å²) in [7, 11) is 0. The minimum atomic E-state index is -1.53. The zero-order chi connectivity index (χ0) is 37.3. The summed E-state index contributed by atoms with van der Waals surface area (Å²) in [5.74, 6) is -8.24. The molecule has 7 rings (SSSR count). The molecule has 4 atom stereocenters. The molecular formula is C36H28O16. The van der Waals surface area contributed by atoms with Gasteiger partial charge in [0.2, 0.25) is 5.43 Å². The molecule has 2 aliphatic heterocycles. The Bertz CT molecular complexity index is 2370. The summed E-state index contributed by atoms with van der Waals surface area (Å²) in [6, 6.07) is 9.20. The van der Waals surface area contributed by atoms with E-state index in [0.717, 1.165) is 42.5 Å². The molecule has 0 radical (unpaired) electrons. The molecule has 5 aromatic rings. The van der Waals surface area contributed by atoms with Gasteiger partial charge in [-0.3, -0.25) is 4.79 Å². The standard InChI is InChI=1S/C36H28O16/c37-14-5-20(39)18-10-26(45)34(50-27(18)7-14)12-1-16-17(9-25(44)33(48)30(16)32(47)24(43)2-12)35-29(11-19-21(40)6-15(38)8-28(19)51-35)52-36(49)13-3-22(41)31(46)23(42)4-13/h1-9,26,29,34-35,37-42,44-46,48H,10-11H2,(H,43,47)/t26-,29-,34+,35-/m1/s1.